The van der Waals surface area contributed by atoms with Gasteiger partial charge in [0.15, 0.2) is 0 Å². The van der Waals surface area contributed by atoms with Crippen LogP contribution in [0.15, 0.2) is 22.3 Å². The average molecular weight is 377 g/mol. The van der Waals surface area contributed by atoms with Crippen LogP contribution in [0.3, 0.4) is 0 Å². The third-order valence-corrected chi connectivity index (χ3v) is 3.58. The van der Waals surface area contributed by atoms with Gasteiger partial charge in [-0.2, -0.15) is 0 Å². The average Bonchev–Trinajstić information content (AvgIpc) is 2.66. The molecule has 0 spiro atoms. The van der Waals surface area contributed by atoms with Gasteiger partial charge in [0.05, 0.1) is 18.7 Å². The molecule has 2 N–H and O–H groups in total. The minimum Gasteiger partial charge on any atom is -0.496 e. The Hall–Kier alpha value is -1.73. The van der Waals surface area contributed by atoms with Crippen LogP contribution in [0, 0.1) is 5.41 Å². The summed E-state index contributed by atoms with van der Waals surface area (Å²) in [4.78, 5) is 13.2. The second kappa shape index (κ2) is 6.82. The maximum Gasteiger partial charge on any atom is 0.274 e. The van der Waals surface area contributed by atoms with Gasteiger partial charge in [-0.25, -0.2) is 0 Å². The fourth-order valence-electron chi connectivity index (χ4n) is 1.83. The summed E-state index contributed by atoms with van der Waals surface area (Å²) in [6.45, 7) is 0. The van der Waals surface area contributed by atoms with Crippen molar-refractivity contribution in [2.24, 2.45) is 0 Å². The maximum atomic E-state index is 11.8. The highest BCUT2D eigenvalue weighted by molar-refractivity contribution is 9.10. The molecule has 0 atom stereocenters. The summed E-state index contributed by atoms with van der Waals surface area (Å²) in [5, 5.41) is 10.0. The zero-order valence-electron chi connectivity index (χ0n) is 11.7. The monoisotopic (exact) mass is 375 g/mol. The van der Waals surface area contributed by atoms with Crippen molar-refractivity contribution in [3.05, 3.63) is 27.9 Å². The number of amides is 1. The van der Waals surface area contributed by atoms with Crippen LogP contribution in [0.25, 0.3) is 6.08 Å². The van der Waals surface area contributed by atoms with E-state index in [1.807, 2.05) is 0 Å². The number of methoxy groups -OCH3 is 2. The molecule has 1 aromatic carbocycles. The molecule has 0 bridgehead atoms. The van der Waals surface area contributed by atoms with E-state index in [1.54, 1.807) is 39.5 Å². The van der Waals surface area contributed by atoms with Crippen molar-refractivity contribution in [2.45, 2.75) is 0 Å². The molecule has 114 valence electrons. The zero-order chi connectivity index (χ0) is 14.9. The highest BCUT2D eigenvalue weighted by Crippen LogP contribution is 2.34. The van der Waals surface area contributed by atoms with Gasteiger partial charge in [0.25, 0.3) is 5.91 Å². The summed E-state index contributed by atoms with van der Waals surface area (Å²) in [5.74, 6) is 0.962. The topological polar surface area (TPSA) is 74.7 Å². The van der Waals surface area contributed by atoms with Gasteiger partial charge in [-0.15, -0.1) is 12.4 Å². The van der Waals surface area contributed by atoms with E-state index in [0.29, 0.717) is 22.8 Å². The van der Waals surface area contributed by atoms with Crippen LogP contribution < -0.4 is 14.8 Å². The molecule has 1 amide bonds. The van der Waals surface area contributed by atoms with E-state index in [9.17, 15) is 4.79 Å². The van der Waals surface area contributed by atoms with Crippen molar-refractivity contribution >= 4 is 46.3 Å². The minimum atomic E-state index is -0.318. The summed E-state index contributed by atoms with van der Waals surface area (Å²) in [6.07, 6.45) is 1.66. The first-order chi connectivity index (χ1) is 9.47. The first kappa shape index (κ1) is 17.3. The maximum absolute atomic E-state index is 11.8. The van der Waals surface area contributed by atoms with E-state index in [-0.39, 0.29) is 24.3 Å². The number of carbonyl (C=O) groups excluding carboxylic acids is 1. The predicted molar refractivity (Wildman–Crippen MR) is 86.1 cm³/mol. The molecule has 0 unspecified atom stereocenters. The third kappa shape index (κ3) is 3.30. The molecule has 2 rings (SSSR count). The first-order valence-corrected chi connectivity index (χ1v) is 6.54. The van der Waals surface area contributed by atoms with Gasteiger partial charge in [0, 0.05) is 12.6 Å². The van der Waals surface area contributed by atoms with Gasteiger partial charge in [0.2, 0.25) is 5.96 Å². The van der Waals surface area contributed by atoms with Crippen LogP contribution in [-0.4, -0.2) is 38.0 Å². The Morgan fingerprint density at radius 2 is 1.90 bits per heavy atom. The second-order valence-electron chi connectivity index (χ2n) is 4.12. The van der Waals surface area contributed by atoms with Crippen molar-refractivity contribution in [2.75, 3.05) is 21.3 Å². The fourth-order valence-corrected chi connectivity index (χ4v) is 2.32. The molecule has 1 aliphatic heterocycles. The van der Waals surface area contributed by atoms with Gasteiger partial charge < -0.3 is 14.4 Å². The van der Waals surface area contributed by atoms with Crippen molar-refractivity contribution in [1.82, 2.24) is 10.2 Å². The Kier molecular flexibility index (Phi) is 5.62. The second-order valence-corrected chi connectivity index (χ2v) is 4.97. The van der Waals surface area contributed by atoms with Crippen molar-refractivity contribution in [3.8, 4) is 11.5 Å². The van der Waals surface area contributed by atoms with Gasteiger partial charge in [-0.1, -0.05) is 0 Å². The van der Waals surface area contributed by atoms with E-state index < -0.39 is 0 Å². The number of hydrogen-bond acceptors (Lipinski definition) is 4. The van der Waals surface area contributed by atoms with Gasteiger partial charge in [0.1, 0.15) is 17.2 Å². The lowest BCUT2D eigenvalue weighted by Gasteiger charge is -2.12. The predicted octanol–water partition coefficient (Wildman–Crippen LogP) is 2.23. The molecule has 1 aliphatic rings. The van der Waals surface area contributed by atoms with Crippen LogP contribution in [0.1, 0.15) is 5.56 Å². The SMILES string of the molecule is COc1cc(/C=C2\C(=O)NC(=N)N2C)c(OC)cc1Br.Cl. The Labute approximate surface area is 137 Å². The number of nitrogens with one attached hydrogen (secondary N) is 2. The van der Waals surface area contributed by atoms with Crippen molar-refractivity contribution in [1.29, 1.82) is 5.41 Å². The van der Waals surface area contributed by atoms with Crippen LogP contribution in [-0.2, 0) is 4.79 Å². The number of nitrogens with zero attached hydrogens (tertiary/aromatic N) is 1. The number of halogens is 2. The van der Waals surface area contributed by atoms with E-state index in [0.717, 1.165) is 4.47 Å². The van der Waals surface area contributed by atoms with Gasteiger partial charge >= 0.3 is 0 Å². The number of ether oxygens (including phenoxy) is 2. The molecule has 0 radical (unpaired) electrons. The molecule has 0 aromatic heterocycles. The van der Waals surface area contributed by atoms with Crippen LogP contribution >= 0.6 is 28.3 Å². The molecule has 8 heteroatoms. The Morgan fingerprint density at radius 1 is 1.29 bits per heavy atom. The fraction of sp³-hybridized carbons (Fsp3) is 0.231. The Balaban J connectivity index is 0.00000220. The lowest BCUT2D eigenvalue weighted by atomic mass is 10.1. The highest BCUT2D eigenvalue weighted by Gasteiger charge is 2.27. The van der Waals surface area contributed by atoms with E-state index in [1.165, 1.54) is 4.90 Å². The highest BCUT2D eigenvalue weighted by atomic mass is 79.9. The van der Waals surface area contributed by atoms with Crippen LogP contribution in [0.4, 0.5) is 0 Å². The molecular formula is C13H15BrClN3O3. The van der Waals surface area contributed by atoms with Crippen LogP contribution in [0.2, 0.25) is 0 Å². The lowest BCUT2D eigenvalue weighted by molar-refractivity contribution is -0.115. The first-order valence-electron chi connectivity index (χ1n) is 5.74. The van der Waals surface area contributed by atoms with Gasteiger partial charge in [-0.05, 0) is 34.1 Å². The molecule has 1 aromatic rings. The minimum absolute atomic E-state index is 0. The summed E-state index contributed by atoms with van der Waals surface area (Å²) in [6, 6.07) is 3.53. The van der Waals surface area contributed by atoms with Crippen molar-refractivity contribution < 1.29 is 14.3 Å². The molecule has 0 saturated carbocycles. The number of hydrogen-bond donors (Lipinski definition) is 2. The molecule has 1 saturated heterocycles. The normalized spacial score (nSPS) is 15.8. The Morgan fingerprint density at radius 3 is 2.38 bits per heavy atom. The van der Waals surface area contributed by atoms with E-state index >= 15 is 0 Å². The molecule has 1 fully saturated rings. The molecule has 21 heavy (non-hydrogen) atoms. The van der Waals surface area contributed by atoms with Gasteiger partial charge in [-0.3, -0.25) is 15.5 Å². The molecule has 6 nitrogen and oxygen atoms in total. The number of likely N-dealkylation sites (N-methyl/N-ethyl adjacent to an activating group) is 1. The Bertz CT molecular complexity index is 619. The quantitative estimate of drug-likeness (QED) is 0.793. The number of guanidine groups is 1. The zero-order valence-corrected chi connectivity index (χ0v) is 14.1. The van der Waals surface area contributed by atoms with E-state index in [4.69, 9.17) is 14.9 Å². The number of carbonyl (C=O) groups is 1. The molecule has 1 heterocycles. The summed E-state index contributed by atoms with van der Waals surface area (Å²) in [5.41, 5.74) is 1.07. The summed E-state index contributed by atoms with van der Waals surface area (Å²) >= 11 is 3.38. The third-order valence-electron chi connectivity index (χ3n) is 2.96. The number of benzene rings is 1. The largest absolute Gasteiger partial charge is 0.496 e. The summed E-state index contributed by atoms with van der Waals surface area (Å²) < 4.78 is 11.3. The number of rotatable bonds is 3. The van der Waals surface area contributed by atoms with E-state index in [2.05, 4.69) is 21.2 Å². The lowest BCUT2D eigenvalue weighted by Crippen LogP contribution is -2.25. The standard InChI is InChI=1S/C13H14BrN3O3.ClH/c1-17-9(12(18)16-13(17)15)4-7-5-11(20-3)8(14)6-10(7)19-2;/h4-6H,1-3H3,(H2,15,16,18);1H/b9-4+;. The molecule has 0 aliphatic carbocycles. The van der Waals surface area contributed by atoms with Crippen molar-refractivity contribution in [3.63, 3.8) is 0 Å². The summed E-state index contributed by atoms with van der Waals surface area (Å²) in [7, 11) is 4.76. The van der Waals surface area contributed by atoms with Crippen LogP contribution in [0.5, 0.6) is 11.5 Å². The molecular weight excluding hydrogens is 362 g/mol. The smallest absolute Gasteiger partial charge is 0.274 e.